The van der Waals surface area contributed by atoms with E-state index in [0.717, 1.165) is 22.3 Å². The van der Waals surface area contributed by atoms with Gasteiger partial charge in [-0.1, -0.05) is 54.1 Å². The standard InChI is InChI=1S/C27H32N2O5/c1-16-11-12-17(2)19(13-16)22-20-21(24(31)29(23(20)30)26(3,4)5)27(28-22,25(32)33)15-34-14-18-9-7-6-8-10-18/h6-13,20-22,28H,14-15H2,1-5H3,(H,32,33). The number of carbonyl (C=O) groups is 3. The SMILES string of the molecule is Cc1ccc(C)c(C2NC(COCc3ccccc3)(C(=O)O)C3C(=O)N(C(C)(C)C)C(=O)C23)c1. The summed E-state index contributed by atoms with van der Waals surface area (Å²) in [6.45, 7) is 9.22. The first-order valence-electron chi connectivity index (χ1n) is 11.6. The number of fused-ring (bicyclic) bond motifs is 1. The van der Waals surface area contributed by atoms with Crippen molar-refractivity contribution in [3.63, 3.8) is 0 Å². The highest BCUT2D eigenvalue weighted by molar-refractivity contribution is 6.10. The van der Waals surface area contributed by atoms with Crippen molar-refractivity contribution in [1.82, 2.24) is 10.2 Å². The lowest BCUT2D eigenvalue weighted by molar-refractivity contribution is -0.156. The van der Waals surface area contributed by atoms with Crippen molar-refractivity contribution in [2.45, 2.75) is 58.3 Å². The maximum atomic E-state index is 13.7. The summed E-state index contributed by atoms with van der Waals surface area (Å²) in [5.74, 6) is -3.90. The molecule has 4 atom stereocenters. The first kappa shape index (κ1) is 24.1. The number of ether oxygens (including phenoxy) is 1. The second-order valence-electron chi connectivity index (χ2n) is 10.4. The van der Waals surface area contributed by atoms with E-state index in [4.69, 9.17) is 4.74 Å². The fourth-order valence-corrected chi connectivity index (χ4v) is 5.32. The number of likely N-dealkylation sites (tertiary alicyclic amines) is 1. The molecule has 2 aromatic carbocycles. The number of aliphatic carboxylic acids is 1. The Labute approximate surface area is 200 Å². The number of hydrogen-bond donors (Lipinski definition) is 2. The smallest absolute Gasteiger partial charge is 0.327 e. The van der Waals surface area contributed by atoms with E-state index in [1.54, 1.807) is 20.8 Å². The molecule has 2 saturated heterocycles. The summed E-state index contributed by atoms with van der Waals surface area (Å²) in [5, 5.41) is 13.7. The summed E-state index contributed by atoms with van der Waals surface area (Å²) in [5.41, 5.74) is 1.17. The van der Waals surface area contributed by atoms with Gasteiger partial charge in [-0.05, 0) is 51.3 Å². The van der Waals surface area contributed by atoms with E-state index in [-0.39, 0.29) is 19.1 Å². The van der Waals surface area contributed by atoms with Crippen LogP contribution in [0.2, 0.25) is 0 Å². The van der Waals surface area contributed by atoms with Crippen molar-refractivity contribution in [3.8, 4) is 0 Å². The Morgan fingerprint density at radius 3 is 2.38 bits per heavy atom. The Hall–Kier alpha value is -3.03. The van der Waals surface area contributed by atoms with Gasteiger partial charge in [-0.3, -0.25) is 24.6 Å². The minimum atomic E-state index is -1.73. The molecule has 4 unspecified atom stereocenters. The highest BCUT2D eigenvalue weighted by Crippen LogP contribution is 2.51. The van der Waals surface area contributed by atoms with Crippen LogP contribution in [0.1, 0.15) is 49.1 Å². The predicted molar refractivity (Wildman–Crippen MR) is 127 cm³/mol. The van der Waals surface area contributed by atoms with Crippen molar-refractivity contribution >= 4 is 17.8 Å². The second kappa shape index (κ2) is 8.64. The second-order valence-corrected chi connectivity index (χ2v) is 10.4. The zero-order valence-electron chi connectivity index (χ0n) is 20.3. The molecule has 4 rings (SSSR count). The fourth-order valence-electron chi connectivity index (χ4n) is 5.32. The molecule has 2 aliphatic rings. The molecule has 0 radical (unpaired) electrons. The predicted octanol–water partition coefficient (Wildman–Crippen LogP) is 3.39. The lowest BCUT2D eigenvalue weighted by Gasteiger charge is -2.35. The van der Waals surface area contributed by atoms with Crippen LogP contribution in [-0.2, 0) is 25.7 Å². The maximum absolute atomic E-state index is 13.7. The summed E-state index contributed by atoms with van der Waals surface area (Å²) in [4.78, 5) is 41.4. The van der Waals surface area contributed by atoms with E-state index in [1.165, 1.54) is 4.90 Å². The van der Waals surface area contributed by atoms with E-state index in [2.05, 4.69) is 5.32 Å². The van der Waals surface area contributed by atoms with Gasteiger partial charge >= 0.3 is 5.97 Å². The highest BCUT2D eigenvalue weighted by atomic mass is 16.5. The molecule has 0 saturated carbocycles. The number of carbonyl (C=O) groups excluding carboxylic acids is 2. The molecule has 2 fully saturated rings. The third kappa shape index (κ3) is 3.93. The number of aryl methyl sites for hydroxylation is 2. The van der Waals surface area contributed by atoms with Crippen molar-refractivity contribution in [2.24, 2.45) is 11.8 Å². The molecular weight excluding hydrogens is 432 g/mol. The third-order valence-electron chi connectivity index (χ3n) is 6.92. The zero-order valence-corrected chi connectivity index (χ0v) is 20.3. The molecule has 7 nitrogen and oxygen atoms in total. The monoisotopic (exact) mass is 464 g/mol. The number of rotatable bonds is 6. The average molecular weight is 465 g/mol. The van der Waals surface area contributed by atoms with Crippen LogP contribution in [0, 0.1) is 25.7 Å². The Kier molecular flexibility index (Phi) is 6.12. The molecule has 0 aliphatic carbocycles. The molecule has 2 heterocycles. The van der Waals surface area contributed by atoms with Gasteiger partial charge in [0.2, 0.25) is 11.8 Å². The maximum Gasteiger partial charge on any atom is 0.327 e. The number of benzene rings is 2. The largest absolute Gasteiger partial charge is 0.480 e. The molecule has 2 aliphatic heterocycles. The quantitative estimate of drug-likeness (QED) is 0.637. The number of carboxylic acids is 1. The molecule has 2 N–H and O–H groups in total. The Morgan fingerprint density at radius 2 is 1.76 bits per heavy atom. The average Bonchev–Trinajstić information content (AvgIpc) is 3.25. The first-order chi connectivity index (χ1) is 16.0. The minimum Gasteiger partial charge on any atom is -0.480 e. The number of imide groups is 1. The molecule has 2 amide bonds. The molecule has 0 spiro atoms. The van der Waals surface area contributed by atoms with Gasteiger partial charge in [0.25, 0.3) is 0 Å². The van der Waals surface area contributed by atoms with Crippen LogP contribution < -0.4 is 5.32 Å². The van der Waals surface area contributed by atoms with Gasteiger partial charge in [0.15, 0.2) is 5.54 Å². The van der Waals surface area contributed by atoms with Crippen LogP contribution in [0.3, 0.4) is 0 Å². The van der Waals surface area contributed by atoms with Gasteiger partial charge in [0.1, 0.15) is 0 Å². The number of nitrogens with one attached hydrogen (secondary N) is 1. The van der Waals surface area contributed by atoms with Gasteiger partial charge in [0, 0.05) is 11.6 Å². The molecule has 180 valence electrons. The highest BCUT2D eigenvalue weighted by Gasteiger charge is 2.69. The summed E-state index contributed by atoms with van der Waals surface area (Å²) in [7, 11) is 0. The van der Waals surface area contributed by atoms with Crippen molar-refractivity contribution < 1.29 is 24.2 Å². The lowest BCUT2D eigenvalue weighted by atomic mass is 9.79. The molecule has 7 heteroatoms. The number of amides is 2. The Balaban J connectivity index is 1.77. The molecule has 2 aromatic rings. The molecule has 0 aromatic heterocycles. The van der Waals surface area contributed by atoms with Crippen LogP contribution in [0.15, 0.2) is 48.5 Å². The normalized spacial score (nSPS) is 26.7. The van der Waals surface area contributed by atoms with Crippen molar-refractivity contribution in [2.75, 3.05) is 6.61 Å². The topological polar surface area (TPSA) is 95.9 Å². The van der Waals surface area contributed by atoms with E-state index in [1.807, 2.05) is 62.4 Å². The van der Waals surface area contributed by atoms with Gasteiger partial charge in [-0.2, -0.15) is 0 Å². The Morgan fingerprint density at radius 1 is 1.09 bits per heavy atom. The first-order valence-corrected chi connectivity index (χ1v) is 11.6. The van der Waals surface area contributed by atoms with Gasteiger partial charge in [0.05, 0.1) is 25.0 Å². The van der Waals surface area contributed by atoms with E-state index in [9.17, 15) is 19.5 Å². The van der Waals surface area contributed by atoms with Gasteiger partial charge in [-0.15, -0.1) is 0 Å². The summed E-state index contributed by atoms with van der Waals surface area (Å²) in [6.07, 6.45) is 0. The summed E-state index contributed by atoms with van der Waals surface area (Å²) < 4.78 is 5.89. The van der Waals surface area contributed by atoms with Crippen molar-refractivity contribution in [1.29, 1.82) is 0 Å². The summed E-state index contributed by atoms with van der Waals surface area (Å²) in [6, 6.07) is 14.7. The number of hydrogen-bond acceptors (Lipinski definition) is 5. The van der Waals surface area contributed by atoms with Crippen LogP contribution in [0.25, 0.3) is 0 Å². The number of nitrogens with zero attached hydrogens (tertiary/aromatic N) is 1. The van der Waals surface area contributed by atoms with E-state index in [0.29, 0.717) is 0 Å². The van der Waals surface area contributed by atoms with E-state index >= 15 is 0 Å². The molecule has 34 heavy (non-hydrogen) atoms. The minimum absolute atomic E-state index is 0.203. The van der Waals surface area contributed by atoms with Gasteiger partial charge < -0.3 is 9.84 Å². The molecule has 0 bridgehead atoms. The lowest BCUT2D eigenvalue weighted by Crippen LogP contribution is -2.60. The zero-order chi connectivity index (χ0) is 24.8. The molecular formula is C27H32N2O5. The Bertz CT molecular complexity index is 1120. The van der Waals surface area contributed by atoms with Gasteiger partial charge in [-0.25, -0.2) is 0 Å². The summed E-state index contributed by atoms with van der Waals surface area (Å²) >= 11 is 0. The number of carboxylic acid groups (broad SMARTS) is 1. The van der Waals surface area contributed by atoms with Crippen LogP contribution in [-0.4, -0.2) is 45.5 Å². The van der Waals surface area contributed by atoms with Crippen LogP contribution in [0.5, 0.6) is 0 Å². The van der Waals surface area contributed by atoms with Crippen LogP contribution >= 0.6 is 0 Å². The van der Waals surface area contributed by atoms with E-state index < -0.39 is 40.8 Å². The third-order valence-corrected chi connectivity index (χ3v) is 6.92. The van der Waals surface area contributed by atoms with Crippen molar-refractivity contribution in [3.05, 3.63) is 70.8 Å². The fraction of sp³-hybridized carbons (Fsp3) is 0.444. The van der Waals surface area contributed by atoms with Crippen LogP contribution in [0.4, 0.5) is 0 Å².